The Morgan fingerprint density at radius 2 is 1.94 bits per heavy atom. The fourth-order valence-electron chi connectivity index (χ4n) is 4.43. The summed E-state index contributed by atoms with van der Waals surface area (Å²) in [5, 5.41) is 1.19. The van der Waals surface area contributed by atoms with Crippen LogP contribution in [0.5, 0.6) is 5.75 Å². The molecule has 0 amide bonds. The summed E-state index contributed by atoms with van der Waals surface area (Å²) < 4.78 is 60.6. The number of rotatable bonds is 5. The first-order chi connectivity index (χ1) is 15.8. The largest absolute Gasteiger partial charge is 0.490 e. The van der Waals surface area contributed by atoms with E-state index in [1.165, 1.54) is 30.5 Å². The first-order valence-electron chi connectivity index (χ1n) is 10.5. The zero-order valence-corrected chi connectivity index (χ0v) is 19.7. The molecule has 176 valence electrons. The Morgan fingerprint density at radius 3 is 2.70 bits per heavy atom. The van der Waals surface area contributed by atoms with Gasteiger partial charge in [-0.3, -0.25) is 4.72 Å². The molecular weight excluding hydrogens is 494 g/mol. The van der Waals surface area contributed by atoms with E-state index in [4.69, 9.17) is 37.4 Å². The summed E-state index contributed by atoms with van der Waals surface area (Å²) in [6, 6.07) is 6.70. The summed E-state index contributed by atoms with van der Waals surface area (Å²) in [7, 11) is -4.23. The van der Waals surface area contributed by atoms with E-state index < -0.39 is 26.5 Å². The lowest BCUT2D eigenvalue weighted by Crippen LogP contribution is -2.40. The molecule has 1 aliphatic heterocycles. The highest BCUT2D eigenvalue weighted by atomic mass is 35.5. The summed E-state index contributed by atoms with van der Waals surface area (Å²) in [4.78, 5) is 2.38. The van der Waals surface area contributed by atoms with E-state index in [1.807, 2.05) is 0 Å². The van der Waals surface area contributed by atoms with E-state index in [0.29, 0.717) is 40.6 Å². The fraction of sp³-hybridized carbons (Fsp3) is 0.364. The number of H-pyrrole nitrogens is 1. The molecule has 2 aromatic carbocycles. The van der Waals surface area contributed by atoms with Crippen LogP contribution in [0.1, 0.15) is 25.7 Å². The third-order valence-corrected chi connectivity index (χ3v) is 7.92. The van der Waals surface area contributed by atoms with Gasteiger partial charge in [-0.05, 0) is 37.1 Å². The Morgan fingerprint density at radius 1 is 1.15 bits per heavy atom. The van der Waals surface area contributed by atoms with Crippen LogP contribution in [0.3, 0.4) is 0 Å². The van der Waals surface area contributed by atoms with Crippen LogP contribution in [-0.2, 0) is 19.5 Å². The lowest BCUT2D eigenvalue weighted by Gasteiger charge is -2.36. The first-order valence-corrected chi connectivity index (χ1v) is 12.7. The molecule has 0 unspecified atom stereocenters. The van der Waals surface area contributed by atoms with Gasteiger partial charge in [-0.2, -0.15) is 0 Å². The number of hydrogen-bond donors (Lipinski definition) is 2. The summed E-state index contributed by atoms with van der Waals surface area (Å²) in [6.45, 7) is 1.10. The quantitative estimate of drug-likeness (QED) is 0.470. The molecule has 1 aromatic heterocycles. The maximum absolute atomic E-state index is 14.9. The van der Waals surface area contributed by atoms with Gasteiger partial charge >= 0.3 is 0 Å². The zero-order valence-electron chi connectivity index (χ0n) is 17.4. The van der Waals surface area contributed by atoms with Crippen LogP contribution in [0.25, 0.3) is 10.9 Å². The van der Waals surface area contributed by atoms with E-state index in [2.05, 4.69) is 9.71 Å². The third-order valence-electron chi connectivity index (χ3n) is 5.91. The standard InChI is InChI=1S/C22H21Cl2FN2O5S/c23-15-4-5-18(21-20(15)16(24)12-26-21)27-33(28,29)19-6-3-13(10-17(19)25)32-14-2-1-7-22(11-14)30-8-9-31-22/h3-6,10,12,14,26-27H,1-2,7-9,11H2/t14-/m0/s1. The highest BCUT2D eigenvalue weighted by Gasteiger charge is 2.42. The highest BCUT2D eigenvalue weighted by molar-refractivity contribution is 7.92. The van der Waals surface area contributed by atoms with Crippen molar-refractivity contribution in [1.29, 1.82) is 0 Å². The van der Waals surface area contributed by atoms with Crippen molar-refractivity contribution in [2.24, 2.45) is 0 Å². The number of fused-ring (bicyclic) bond motifs is 1. The molecule has 2 aliphatic rings. The number of ether oxygens (including phenoxy) is 3. The lowest BCUT2D eigenvalue weighted by molar-refractivity contribution is -0.192. The van der Waals surface area contributed by atoms with Gasteiger partial charge in [0, 0.05) is 30.5 Å². The molecule has 33 heavy (non-hydrogen) atoms. The lowest BCUT2D eigenvalue weighted by atomic mass is 9.91. The number of halogens is 3. The minimum absolute atomic E-state index is 0.199. The second kappa shape index (κ2) is 8.63. The van der Waals surface area contributed by atoms with Crippen molar-refractivity contribution in [3.8, 4) is 5.75 Å². The van der Waals surface area contributed by atoms with Crippen LogP contribution in [0.4, 0.5) is 10.1 Å². The Bertz CT molecular complexity index is 1310. The Labute approximate surface area is 200 Å². The minimum Gasteiger partial charge on any atom is -0.490 e. The fourth-order valence-corrected chi connectivity index (χ4v) is 6.12. The molecule has 2 heterocycles. The molecule has 5 rings (SSSR count). The van der Waals surface area contributed by atoms with Gasteiger partial charge < -0.3 is 19.2 Å². The van der Waals surface area contributed by atoms with Gasteiger partial charge in [-0.25, -0.2) is 12.8 Å². The van der Waals surface area contributed by atoms with Crippen LogP contribution in [-0.4, -0.2) is 38.5 Å². The molecule has 1 saturated heterocycles. The highest BCUT2D eigenvalue weighted by Crippen LogP contribution is 2.38. The molecule has 1 aliphatic carbocycles. The van der Waals surface area contributed by atoms with E-state index in [9.17, 15) is 12.8 Å². The van der Waals surface area contributed by atoms with E-state index >= 15 is 0 Å². The van der Waals surface area contributed by atoms with Crippen molar-refractivity contribution < 1.29 is 27.0 Å². The van der Waals surface area contributed by atoms with E-state index in [-0.39, 0.29) is 17.5 Å². The number of aromatic nitrogens is 1. The van der Waals surface area contributed by atoms with Gasteiger partial charge in [0.1, 0.15) is 22.6 Å². The molecule has 2 fully saturated rings. The van der Waals surface area contributed by atoms with Crippen LogP contribution in [0.15, 0.2) is 41.4 Å². The van der Waals surface area contributed by atoms with Crippen LogP contribution >= 0.6 is 23.2 Å². The predicted octanol–water partition coefficient (Wildman–Crippen LogP) is 5.48. The monoisotopic (exact) mass is 514 g/mol. The van der Waals surface area contributed by atoms with Gasteiger partial charge in [0.05, 0.1) is 34.5 Å². The molecule has 1 spiro atoms. The normalized spacial score (nSPS) is 20.4. The predicted molar refractivity (Wildman–Crippen MR) is 123 cm³/mol. The number of hydrogen-bond acceptors (Lipinski definition) is 5. The topological polar surface area (TPSA) is 89.7 Å². The summed E-state index contributed by atoms with van der Waals surface area (Å²) in [5.74, 6) is -1.30. The van der Waals surface area contributed by atoms with Crippen molar-refractivity contribution in [2.75, 3.05) is 17.9 Å². The molecule has 1 saturated carbocycles. The Hall–Kier alpha value is -2.04. The molecule has 0 radical (unpaired) electrons. The minimum atomic E-state index is -4.23. The third kappa shape index (κ3) is 4.40. The average Bonchev–Trinajstić information content (AvgIpc) is 3.37. The zero-order chi connectivity index (χ0) is 23.2. The van der Waals surface area contributed by atoms with Gasteiger partial charge in [0.25, 0.3) is 10.0 Å². The van der Waals surface area contributed by atoms with Gasteiger partial charge in [0.2, 0.25) is 0 Å². The maximum Gasteiger partial charge on any atom is 0.264 e. The molecule has 0 bridgehead atoms. The van der Waals surface area contributed by atoms with E-state index in [1.54, 1.807) is 0 Å². The number of nitrogens with one attached hydrogen (secondary N) is 2. The van der Waals surface area contributed by atoms with Crippen molar-refractivity contribution in [1.82, 2.24) is 4.98 Å². The average molecular weight is 515 g/mol. The number of sulfonamides is 1. The summed E-state index contributed by atoms with van der Waals surface area (Å²) in [5.41, 5.74) is 0.601. The second-order valence-corrected chi connectivity index (χ2v) is 10.6. The Kier molecular flexibility index (Phi) is 5.95. The smallest absolute Gasteiger partial charge is 0.264 e. The molecule has 3 aromatic rings. The van der Waals surface area contributed by atoms with Crippen LogP contribution < -0.4 is 9.46 Å². The van der Waals surface area contributed by atoms with E-state index in [0.717, 1.165) is 25.3 Å². The van der Waals surface area contributed by atoms with Gasteiger partial charge in [0.15, 0.2) is 5.79 Å². The van der Waals surface area contributed by atoms with Crippen molar-refractivity contribution in [2.45, 2.75) is 42.5 Å². The van der Waals surface area contributed by atoms with Crippen LogP contribution in [0.2, 0.25) is 10.0 Å². The number of benzene rings is 2. The molecule has 2 N–H and O–H groups in total. The number of anilines is 1. The molecule has 1 atom stereocenters. The Balaban J connectivity index is 1.35. The van der Waals surface area contributed by atoms with Crippen LogP contribution in [0, 0.1) is 5.82 Å². The molecular formula is C22H21Cl2FN2O5S. The summed E-state index contributed by atoms with van der Waals surface area (Å²) >= 11 is 12.3. The maximum atomic E-state index is 14.9. The number of aromatic amines is 1. The van der Waals surface area contributed by atoms with Crippen molar-refractivity contribution >= 4 is 49.8 Å². The summed E-state index contributed by atoms with van der Waals surface area (Å²) in [6.07, 6.45) is 4.27. The van der Waals surface area contributed by atoms with Crippen molar-refractivity contribution in [3.63, 3.8) is 0 Å². The SMILES string of the molecule is O=S(=O)(Nc1ccc(Cl)c2c(Cl)c[nH]c12)c1ccc(O[C@H]2CCCC3(C2)OCCO3)cc1F. The van der Waals surface area contributed by atoms with Gasteiger partial charge in [-0.1, -0.05) is 23.2 Å². The molecule has 11 heteroatoms. The first kappa shape index (κ1) is 22.7. The molecule has 7 nitrogen and oxygen atoms in total. The van der Waals surface area contributed by atoms with Crippen molar-refractivity contribution in [3.05, 3.63) is 52.4 Å². The van der Waals surface area contributed by atoms with Gasteiger partial charge in [-0.15, -0.1) is 0 Å². The second-order valence-electron chi connectivity index (χ2n) is 8.12.